The summed E-state index contributed by atoms with van der Waals surface area (Å²) in [6.07, 6.45) is -0.979. The highest BCUT2D eigenvalue weighted by Gasteiger charge is 2.37. The second kappa shape index (κ2) is 8.52. The highest BCUT2D eigenvalue weighted by atomic mass is 19.4. The van der Waals surface area contributed by atoms with Crippen LogP contribution in [0.2, 0.25) is 0 Å². The lowest BCUT2D eigenvalue weighted by Crippen LogP contribution is -2.26. The van der Waals surface area contributed by atoms with Gasteiger partial charge in [-0.25, -0.2) is 13.8 Å². The molecule has 1 aromatic carbocycles. The summed E-state index contributed by atoms with van der Waals surface area (Å²) in [5.74, 6) is -4.56. The Labute approximate surface area is 177 Å². The number of amides is 1. The van der Waals surface area contributed by atoms with Gasteiger partial charge in [-0.2, -0.15) is 18.2 Å². The van der Waals surface area contributed by atoms with E-state index in [1.807, 2.05) is 0 Å². The van der Waals surface area contributed by atoms with Gasteiger partial charge in [-0.3, -0.25) is 4.79 Å². The minimum Gasteiger partial charge on any atom is -0.474 e. The van der Waals surface area contributed by atoms with Crippen LogP contribution in [-0.4, -0.2) is 27.1 Å². The topological polar surface area (TPSA) is 90.1 Å². The molecule has 1 aliphatic carbocycles. The first-order chi connectivity index (χ1) is 15.2. The third kappa shape index (κ3) is 4.68. The molecule has 1 fully saturated rings. The van der Waals surface area contributed by atoms with E-state index in [1.165, 1.54) is 18.3 Å². The average Bonchev–Trinajstić information content (AvgIpc) is 3.21. The highest BCUT2D eigenvalue weighted by Crippen LogP contribution is 2.33. The fourth-order valence-electron chi connectivity index (χ4n) is 2.89. The molecule has 0 atom stereocenters. The molecular weight excluding hydrogens is 439 g/mol. The van der Waals surface area contributed by atoms with Gasteiger partial charge < -0.3 is 14.6 Å². The molecule has 3 aromatic rings. The van der Waals surface area contributed by atoms with Crippen LogP contribution in [0.1, 0.15) is 41.3 Å². The predicted molar refractivity (Wildman–Crippen MR) is 98.3 cm³/mol. The quantitative estimate of drug-likeness (QED) is 0.559. The lowest BCUT2D eigenvalue weighted by Gasteiger charge is -2.26. The van der Waals surface area contributed by atoms with Gasteiger partial charge >= 0.3 is 6.18 Å². The van der Waals surface area contributed by atoms with E-state index >= 15 is 0 Å². The first-order valence-electron chi connectivity index (χ1n) is 9.51. The summed E-state index contributed by atoms with van der Waals surface area (Å²) < 4.78 is 75.0. The zero-order chi connectivity index (χ0) is 22.9. The zero-order valence-corrected chi connectivity index (χ0v) is 16.2. The molecule has 1 saturated carbocycles. The smallest absolute Gasteiger partial charge is 0.455 e. The third-order valence-electron chi connectivity index (χ3n) is 4.80. The van der Waals surface area contributed by atoms with Crippen LogP contribution >= 0.6 is 0 Å². The predicted octanol–water partition coefficient (Wildman–Crippen LogP) is 4.29. The van der Waals surface area contributed by atoms with Crippen molar-refractivity contribution in [2.45, 2.75) is 38.1 Å². The van der Waals surface area contributed by atoms with Crippen molar-refractivity contribution < 1.29 is 36.0 Å². The van der Waals surface area contributed by atoms with E-state index in [4.69, 9.17) is 4.74 Å². The Balaban J connectivity index is 1.56. The molecular formula is C20H15F5N4O3. The van der Waals surface area contributed by atoms with Crippen molar-refractivity contribution in [2.75, 3.05) is 0 Å². The summed E-state index contributed by atoms with van der Waals surface area (Å²) in [6.45, 7) is -0.456. The largest absolute Gasteiger partial charge is 0.474 e. The maximum Gasteiger partial charge on any atom is 0.455 e. The minimum atomic E-state index is -4.77. The molecule has 168 valence electrons. The number of carbonyl (C=O) groups excluding carboxylic acids is 1. The number of nitrogens with one attached hydrogen (secondary N) is 1. The normalized spacial score (nSPS) is 14.2. The van der Waals surface area contributed by atoms with Crippen LogP contribution < -0.4 is 10.1 Å². The Morgan fingerprint density at radius 2 is 1.97 bits per heavy atom. The SMILES string of the molecule is O=C(NCc1nc(C(F)(F)F)no1)c1cnc(OC2CCC2)c(-c2ccc(F)c(F)c2)c1. The van der Waals surface area contributed by atoms with E-state index in [9.17, 15) is 26.7 Å². The van der Waals surface area contributed by atoms with E-state index in [0.717, 1.165) is 31.4 Å². The second-order valence-corrected chi connectivity index (χ2v) is 7.07. The van der Waals surface area contributed by atoms with Crippen LogP contribution in [0.3, 0.4) is 0 Å². The number of hydrogen-bond acceptors (Lipinski definition) is 6. The molecule has 0 saturated heterocycles. The molecule has 4 rings (SSSR count). The number of alkyl halides is 3. The molecule has 2 aromatic heterocycles. The van der Waals surface area contributed by atoms with Crippen molar-refractivity contribution in [3.63, 3.8) is 0 Å². The number of carbonyl (C=O) groups is 1. The molecule has 0 bridgehead atoms. The van der Waals surface area contributed by atoms with E-state index in [0.29, 0.717) is 0 Å². The Bertz CT molecular complexity index is 1140. The summed E-state index contributed by atoms with van der Waals surface area (Å²) in [5, 5.41) is 5.15. The molecule has 0 unspecified atom stereocenters. The molecule has 32 heavy (non-hydrogen) atoms. The molecule has 0 spiro atoms. The number of aromatic nitrogens is 3. The van der Waals surface area contributed by atoms with Gasteiger partial charge in [0.05, 0.1) is 12.1 Å². The van der Waals surface area contributed by atoms with Crippen molar-refractivity contribution in [3.05, 3.63) is 59.4 Å². The molecule has 2 heterocycles. The number of hydrogen-bond donors (Lipinski definition) is 1. The Morgan fingerprint density at radius 1 is 1.19 bits per heavy atom. The van der Waals surface area contributed by atoms with Crippen molar-refractivity contribution >= 4 is 5.91 Å². The lowest BCUT2D eigenvalue weighted by atomic mass is 9.96. The number of halogens is 5. The van der Waals surface area contributed by atoms with Gasteiger partial charge in [0.15, 0.2) is 11.6 Å². The maximum absolute atomic E-state index is 13.8. The maximum atomic E-state index is 13.8. The van der Waals surface area contributed by atoms with Gasteiger partial charge in [0, 0.05) is 11.8 Å². The Hall–Kier alpha value is -3.57. The monoisotopic (exact) mass is 454 g/mol. The van der Waals surface area contributed by atoms with Crippen LogP contribution in [0.4, 0.5) is 22.0 Å². The number of pyridine rings is 1. The third-order valence-corrected chi connectivity index (χ3v) is 4.80. The number of nitrogens with zero attached hydrogens (tertiary/aromatic N) is 3. The van der Waals surface area contributed by atoms with Crippen LogP contribution in [0.15, 0.2) is 35.0 Å². The molecule has 0 radical (unpaired) electrons. The van der Waals surface area contributed by atoms with E-state index < -0.39 is 42.0 Å². The van der Waals surface area contributed by atoms with Crippen LogP contribution in [-0.2, 0) is 12.7 Å². The van der Waals surface area contributed by atoms with Crippen LogP contribution in [0.25, 0.3) is 11.1 Å². The first kappa shape index (κ1) is 21.7. The molecule has 1 aliphatic rings. The van der Waals surface area contributed by atoms with Gasteiger partial charge in [-0.05, 0) is 43.0 Å². The van der Waals surface area contributed by atoms with Crippen LogP contribution in [0, 0.1) is 11.6 Å². The van der Waals surface area contributed by atoms with Crippen molar-refractivity contribution in [1.29, 1.82) is 0 Å². The number of ether oxygens (including phenoxy) is 1. The number of rotatable bonds is 6. The summed E-state index contributed by atoms with van der Waals surface area (Å²) >= 11 is 0. The fraction of sp³-hybridized carbons (Fsp3) is 0.300. The zero-order valence-electron chi connectivity index (χ0n) is 16.2. The van der Waals surface area contributed by atoms with Gasteiger partial charge in [-0.1, -0.05) is 11.2 Å². The van der Waals surface area contributed by atoms with E-state index in [-0.39, 0.29) is 28.7 Å². The standard InChI is InChI=1S/C20H15F5N4O3/c21-14-5-4-10(7-15(14)22)13-6-11(8-27-18(13)31-12-2-1-3-12)17(30)26-9-16-28-19(29-32-16)20(23,24)25/h4-8,12H,1-3,9H2,(H,26,30). The molecule has 1 amide bonds. The summed E-state index contributed by atoms with van der Waals surface area (Å²) in [4.78, 5) is 19.8. The van der Waals surface area contributed by atoms with E-state index in [2.05, 4.69) is 25.0 Å². The first-order valence-corrected chi connectivity index (χ1v) is 9.51. The average molecular weight is 454 g/mol. The van der Waals surface area contributed by atoms with Crippen molar-refractivity contribution in [3.8, 4) is 17.0 Å². The summed E-state index contributed by atoms with van der Waals surface area (Å²) in [6, 6.07) is 4.59. The second-order valence-electron chi connectivity index (χ2n) is 7.07. The fourth-order valence-corrected chi connectivity index (χ4v) is 2.89. The Kier molecular flexibility index (Phi) is 5.76. The summed E-state index contributed by atoms with van der Waals surface area (Å²) in [7, 11) is 0. The summed E-state index contributed by atoms with van der Waals surface area (Å²) in [5.41, 5.74) is 0.522. The molecule has 1 N–H and O–H groups in total. The van der Waals surface area contributed by atoms with Gasteiger partial charge in [0.2, 0.25) is 11.8 Å². The lowest BCUT2D eigenvalue weighted by molar-refractivity contribution is -0.146. The van der Waals surface area contributed by atoms with Crippen LogP contribution in [0.5, 0.6) is 5.88 Å². The van der Waals surface area contributed by atoms with Gasteiger partial charge in [-0.15, -0.1) is 0 Å². The number of benzene rings is 1. The van der Waals surface area contributed by atoms with E-state index in [1.54, 1.807) is 0 Å². The Morgan fingerprint density at radius 3 is 2.59 bits per heavy atom. The molecule has 0 aliphatic heterocycles. The van der Waals surface area contributed by atoms with Gasteiger partial charge in [0.25, 0.3) is 11.7 Å². The van der Waals surface area contributed by atoms with Gasteiger partial charge in [0.1, 0.15) is 6.10 Å². The van der Waals surface area contributed by atoms with Crippen molar-refractivity contribution in [1.82, 2.24) is 20.4 Å². The van der Waals surface area contributed by atoms with Crippen molar-refractivity contribution in [2.24, 2.45) is 0 Å². The minimum absolute atomic E-state index is 0.0150. The highest BCUT2D eigenvalue weighted by molar-refractivity contribution is 5.95. The molecule has 7 nitrogen and oxygen atoms in total. The molecule has 12 heteroatoms.